The summed E-state index contributed by atoms with van der Waals surface area (Å²) in [5, 5.41) is 9.81. The van der Waals surface area contributed by atoms with Gasteiger partial charge in [-0.05, 0) is 64.2 Å². The maximum absolute atomic E-state index is 12.9. The molecule has 0 saturated heterocycles. The van der Waals surface area contributed by atoms with E-state index in [0.717, 1.165) is 83.5 Å². The van der Waals surface area contributed by atoms with E-state index in [0.29, 0.717) is 19.3 Å². The molecule has 0 spiro atoms. The molecule has 0 aromatic carbocycles. The third-order valence-electron chi connectivity index (χ3n) is 12.8. The zero-order chi connectivity index (χ0) is 51.3. The first-order valence-corrected chi connectivity index (χ1v) is 30.7. The number of aliphatic hydroxyl groups excluding tert-OH is 1. The molecule has 0 rings (SSSR count). The minimum Gasteiger partial charge on any atom is -0.462 e. The summed E-state index contributed by atoms with van der Waals surface area (Å²) < 4.78 is 39.5. The van der Waals surface area contributed by atoms with Crippen LogP contribution in [0.25, 0.3) is 0 Å². The highest BCUT2D eigenvalue weighted by Crippen LogP contribution is 2.43. The van der Waals surface area contributed by atoms with Crippen molar-refractivity contribution in [3.05, 3.63) is 24.3 Å². The maximum Gasteiger partial charge on any atom is 0.472 e. The van der Waals surface area contributed by atoms with Crippen LogP contribution in [0, 0.1) is 0 Å². The molecule has 0 amide bonds. The van der Waals surface area contributed by atoms with Crippen molar-refractivity contribution >= 4 is 25.7 Å². The number of phosphoric ester groups is 1. The second kappa shape index (κ2) is 53.3. The Morgan fingerprint density at radius 3 is 1.03 bits per heavy atom. The highest BCUT2D eigenvalue weighted by atomic mass is 31.2. The average Bonchev–Trinajstić information content (AvgIpc) is 3.35. The lowest BCUT2D eigenvalue weighted by molar-refractivity contribution is -0.161. The van der Waals surface area contributed by atoms with Gasteiger partial charge in [-0.25, -0.2) is 4.57 Å². The number of aliphatic hydroxyl groups is 1. The van der Waals surface area contributed by atoms with Crippen LogP contribution in [0.5, 0.6) is 0 Å². The van der Waals surface area contributed by atoms with Crippen LogP contribution in [-0.2, 0) is 42.2 Å². The number of hydrogen-bond donors (Lipinski definition) is 2. The van der Waals surface area contributed by atoms with Gasteiger partial charge < -0.3 is 24.2 Å². The van der Waals surface area contributed by atoms with Gasteiger partial charge in [-0.3, -0.25) is 23.4 Å². The van der Waals surface area contributed by atoms with Gasteiger partial charge in [-0.15, -0.1) is 0 Å². The molecule has 3 unspecified atom stereocenters. The lowest BCUT2D eigenvalue weighted by atomic mass is 10.0. The SMILES string of the molecule is CCCC/C=C\CCCCCCCC(=O)OCC(COP(=O)(O)OCC(CO)OC(=O)CCCCCCCCCCCCCCCCC)OC(=O)CCCCCCCCC/C=C\CCCCCCCC. The molecule has 3 atom stereocenters. The third kappa shape index (κ3) is 50.9. The van der Waals surface area contributed by atoms with Gasteiger partial charge in [0.25, 0.3) is 0 Å². The van der Waals surface area contributed by atoms with Gasteiger partial charge in [-0.2, -0.15) is 0 Å². The van der Waals surface area contributed by atoms with E-state index in [1.807, 2.05) is 0 Å². The Morgan fingerprint density at radius 1 is 0.386 bits per heavy atom. The monoisotopic (exact) mass is 1010 g/mol. The van der Waals surface area contributed by atoms with Crippen molar-refractivity contribution in [3.8, 4) is 0 Å². The van der Waals surface area contributed by atoms with Gasteiger partial charge in [0.1, 0.15) is 12.7 Å². The maximum atomic E-state index is 12.9. The van der Waals surface area contributed by atoms with Crippen molar-refractivity contribution in [1.82, 2.24) is 0 Å². The molecule has 0 aliphatic heterocycles. The molecule has 0 bridgehead atoms. The van der Waals surface area contributed by atoms with Crippen LogP contribution in [0.15, 0.2) is 24.3 Å². The van der Waals surface area contributed by atoms with E-state index >= 15 is 0 Å². The fourth-order valence-corrected chi connectivity index (χ4v) is 9.12. The van der Waals surface area contributed by atoms with Gasteiger partial charge in [-0.1, -0.05) is 231 Å². The number of hydrogen-bond acceptors (Lipinski definition) is 10. The number of carbonyl (C=O) groups excluding carboxylic acids is 3. The third-order valence-corrected chi connectivity index (χ3v) is 13.8. The molecule has 70 heavy (non-hydrogen) atoms. The van der Waals surface area contributed by atoms with Crippen LogP contribution in [0.3, 0.4) is 0 Å². The first-order chi connectivity index (χ1) is 34.2. The molecule has 412 valence electrons. The lowest BCUT2D eigenvalue weighted by Gasteiger charge is -2.21. The summed E-state index contributed by atoms with van der Waals surface area (Å²) in [6, 6.07) is 0. The second-order valence-corrected chi connectivity index (χ2v) is 21.3. The molecule has 0 aliphatic carbocycles. The van der Waals surface area contributed by atoms with Gasteiger partial charge in [0, 0.05) is 19.3 Å². The molecule has 0 fully saturated rings. The standard InChI is InChI=1S/C58H109O11P/c1-4-7-10-13-16-19-22-24-26-27-29-31-34-37-40-43-46-49-58(62)69-55(51-65-56(60)47-44-41-38-35-32-21-18-15-12-9-6-3)53-67-70(63,64)66-52-54(50-59)68-57(61)48-45-42-39-36-33-30-28-25-23-20-17-14-11-8-5-2/h15,18,24,26,54-55,59H,4-14,16-17,19-23,25,27-53H2,1-3H3,(H,63,64)/b18-15-,26-24-. The molecule has 12 heteroatoms. The van der Waals surface area contributed by atoms with Crippen LogP contribution < -0.4 is 0 Å². The Morgan fingerprint density at radius 2 is 0.671 bits per heavy atom. The van der Waals surface area contributed by atoms with Crippen LogP contribution in [0.2, 0.25) is 0 Å². The summed E-state index contributed by atoms with van der Waals surface area (Å²) in [5.74, 6) is -1.46. The average molecular weight is 1010 g/mol. The highest BCUT2D eigenvalue weighted by molar-refractivity contribution is 7.47. The van der Waals surface area contributed by atoms with Gasteiger partial charge >= 0.3 is 25.7 Å². The summed E-state index contributed by atoms with van der Waals surface area (Å²) in [6.07, 6.45) is 52.8. The molecular formula is C58H109O11P. The van der Waals surface area contributed by atoms with Gasteiger partial charge in [0.2, 0.25) is 0 Å². The summed E-state index contributed by atoms with van der Waals surface area (Å²) in [4.78, 5) is 48.5. The molecular weight excluding hydrogens is 904 g/mol. The smallest absolute Gasteiger partial charge is 0.462 e. The van der Waals surface area contributed by atoms with E-state index in [9.17, 15) is 28.9 Å². The van der Waals surface area contributed by atoms with Crippen molar-refractivity contribution in [2.75, 3.05) is 26.4 Å². The second-order valence-electron chi connectivity index (χ2n) is 19.8. The Kier molecular flexibility index (Phi) is 51.7. The number of esters is 3. The number of phosphoric acid groups is 1. The molecule has 0 aromatic rings. The van der Waals surface area contributed by atoms with E-state index in [1.54, 1.807) is 0 Å². The predicted octanol–water partition coefficient (Wildman–Crippen LogP) is 17.0. The van der Waals surface area contributed by atoms with Crippen molar-refractivity contribution in [1.29, 1.82) is 0 Å². The largest absolute Gasteiger partial charge is 0.472 e. The quantitative estimate of drug-likeness (QED) is 0.0197. The van der Waals surface area contributed by atoms with Crippen LogP contribution in [-0.4, -0.2) is 66.5 Å². The summed E-state index contributed by atoms with van der Waals surface area (Å²) in [7, 11) is -4.74. The molecule has 0 saturated carbocycles. The first kappa shape index (κ1) is 68.0. The van der Waals surface area contributed by atoms with Gasteiger partial charge in [0.15, 0.2) is 6.10 Å². The zero-order valence-electron chi connectivity index (χ0n) is 45.5. The number of unbranched alkanes of at least 4 members (excludes halogenated alkanes) is 34. The normalized spacial score (nSPS) is 13.5. The van der Waals surface area contributed by atoms with Crippen molar-refractivity contribution in [3.63, 3.8) is 0 Å². The summed E-state index contributed by atoms with van der Waals surface area (Å²) >= 11 is 0. The van der Waals surface area contributed by atoms with E-state index in [-0.39, 0.29) is 25.9 Å². The lowest BCUT2D eigenvalue weighted by Crippen LogP contribution is -2.30. The van der Waals surface area contributed by atoms with Crippen LogP contribution in [0.4, 0.5) is 0 Å². The van der Waals surface area contributed by atoms with E-state index in [2.05, 4.69) is 45.1 Å². The molecule has 11 nitrogen and oxygen atoms in total. The Bertz CT molecular complexity index is 1270. The Hall–Kier alpha value is -2.04. The number of rotatable bonds is 55. The predicted molar refractivity (Wildman–Crippen MR) is 289 cm³/mol. The topological polar surface area (TPSA) is 155 Å². The van der Waals surface area contributed by atoms with Crippen molar-refractivity contribution in [2.24, 2.45) is 0 Å². The summed E-state index contributed by atoms with van der Waals surface area (Å²) in [5.41, 5.74) is 0. The van der Waals surface area contributed by atoms with Crippen LogP contribution in [0.1, 0.15) is 290 Å². The summed E-state index contributed by atoms with van der Waals surface area (Å²) in [6.45, 7) is 4.63. The Balaban J connectivity index is 4.65. The molecule has 0 radical (unpaired) electrons. The van der Waals surface area contributed by atoms with Gasteiger partial charge in [0.05, 0.1) is 19.8 Å². The Labute approximate surface area is 429 Å². The molecule has 0 aliphatic rings. The van der Waals surface area contributed by atoms with E-state index in [1.165, 1.54) is 148 Å². The first-order valence-electron chi connectivity index (χ1n) is 29.2. The van der Waals surface area contributed by atoms with E-state index < -0.39 is 57.8 Å². The number of carbonyl (C=O) groups is 3. The van der Waals surface area contributed by atoms with Crippen LogP contribution >= 0.6 is 7.82 Å². The van der Waals surface area contributed by atoms with Crippen molar-refractivity contribution < 1.29 is 52.2 Å². The number of allylic oxidation sites excluding steroid dienone is 4. The molecule has 2 N–H and O–H groups in total. The zero-order valence-corrected chi connectivity index (χ0v) is 46.4. The minimum absolute atomic E-state index is 0.165. The molecule has 0 heterocycles. The highest BCUT2D eigenvalue weighted by Gasteiger charge is 2.28. The number of ether oxygens (including phenoxy) is 3. The molecule has 0 aromatic heterocycles. The van der Waals surface area contributed by atoms with Crippen molar-refractivity contribution in [2.45, 2.75) is 303 Å². The minimum atomic E-state index is -4.74. The fraction of sp³-hybridized carbons (Fsp3) is 0.879. The fourth-order valence-electron chi connectivity index (χ4n) is 8.33. The van der Waals surface area contributed by atoms with E-state index in [4.69, 9.17) is 23.3 Å².